The van der Waals surface area contributed by atoms with Gasteiger partial charge in [0.25, 0.3) is 5.91 Å². The number of carbonyl (C=O) groups is 3. The van der Waals surface area contributed by atoms with Crippen LogP contribution in [0, 0.1) is 0 Å². The largest absolute Gasteiger partial charge is 0.497 e. The molecule has 1 atom stereocenters. The van der Waals surface area contributed by atoms with Crippen molar-refractivity contribution in [2.45, 2.75) is 12.6 Å². The molecule has 33 heavy (non-hydrogen) atoms. The fourth-order valence-electron chi connectivity index (χ4n) is 3.87. The number of hydrogen-bond acceptors (Lipinski definition) is 4. The number of fused-ring (bicyclic) bond motifs is 1. The summed E-state index contributed by atoms with van der Waals surface area (Å²) in [6, 6.07) is 19.4. The van der Waals surface area contributed by atoms with Gasteiger partial charge in [0, 0.05) is 23.7 Å². The van der Waals surface area contributed by atoms with E-state index in [1.165, 1.54) is 0 Å². The second-order valence-corrected chi connectivity index (χ2v) is 8.06. The maximum atomic E-state index is 13.0. The van der Waals surface area contributed by atoms with Crippen molar-refractivity contribution in [3.05, 3.63) is 88.4 Å². The Bertz CT molecular complexity index is 1180. The molecule has 1 aliphatic rings. The third kappa shape index (κ3) is 4.99. The van der Waals surface area contributed by atoms with Gasteiger partial charge in [0.2, 0.25) is 6.41 Å². The van der Waals surface area contributed by atoms with Gasteiger partial charge in [0.15, 0.2) is 0 Å². The zero-order valence-corrected chi connectivity index (χ0v) is 18.6. The van der Waals surface area contributed by atoms with Gasteiger partial charge in [0.1, 0.15) is 5.75 Å². The molecule has 3 aromatic carbocycles. The summed E-state index contributed by atoms with van der Waals surface area (Å²) in [6.45, 7) is 0.664. The van der Waals surface area contributed by atoms with Gasteiger partial charge in [-0.05, 0) is 46.5 Å². The van der Waals surface area contributed by atoms with Crippen molar-refractivity contribution in [2.24, 2.45) is 0 Å². The lowest BCUT2D eigenvalue weighted by molar-refractivity contribution is -0.108. The van der Waals surface area contributed by atoms with Gasteiger partial charge < -0.3 is 15.0 Å². The number of benzene rings is 3. The van der Waals surface area contributed by atoms with E-state index in [9.17, 15) is 14.4 Å². The number of imide groups is 1. The molecule has 0 saturated heterocycles. The van der Waals surface area contributed by atoms with Crippen molar-refractivity contribution >= 4 is 29.9 Å². The van der Waals surface area contributed by atoms with Gasteiger partial charge >= 0.3 is 6.03 Å². The Morgan fingerprint density at radius 3 is 2.39 bits per heavy atom. The van der Waals surface area contributed by atoms with Gasteiger partial charge in [-0.3, -0.25) is 14.9 Å². The van der Waals surface area contributed by atoms with Crippen LogP contribution in [-0.4, -0.2) is 36.9 Å². The lowest BCUT2D eigenvalue weighted by Gasteiger charge is -2.25. The van der Waals surface area contributed by atoms with E-state index in [0.29, 0.717) is 29.3 Å². The van der Waals surface area contributed by atoms with Gasteiger partial charge in [-0.15, -0.1) is 0 Å². The highest BCUT2D eigenvalue weighted by Crippen LogP contribution is 2.29. The summed E-state index contributed by atoms with van der Waals surface area (Å²) >= 11 is 5.97. The molecule has 0 spiro atoms. The van der Waals surface area contributed by atoms with Crippen molar-refractivity contribution in [1.82, 2.24) is 15.5 Å². The summed E-state index contributed by atoms with van der Waals surface area (Å²) in [7, 11) is 1.55. The van der Waals surface area contributed by atoms with E-state index < -0.39 is 12.1 Å². The molecule has 2 N–H and O–H groups in total. The molecule has 3 aromatic rings. The number of urea groups is 1. The van der Waals surface area contributed by atoms with E-state index in [4.69, 9.17) is 16.3 Å². The van der Waals surface area contributed by atoms with Crippen LogP contribution in [0.15, 0.2) is 66.7 Å². The zero-order chi connectivity index (χ0) is 23.4. The molecule has 0 aliphatic carbocycles. The SMILES string of the molecule is COc1ccc2c(c1)C(=O)N(C[C@H](NC(=O)NC=O)c1ccc(-c3ccc(Cl)cc3)cc1)C2. The Labute approximate surface area is 196 Å². The minimum Gasteiger partial charge on any atom is -0.497 e. The molecule has 4 rings (SSSR count). The Morgan fingerprint density at radius 1 is 1.09 bits per heavy atom. The first-order valence-corrected chi connectivity index (χ1v) is 10.7. The maximum Gasteiger partial charge on any atom is 0.321 e. The maximum absolute atomic E-state index is 13.0. The lowest BCUT2D eigenvalue weighted by Crippen LogP contribution is -2.42. The topological polar surface area (TPSA) is 87.7 Å². The van der Waals surface area contributed by atoms with E-state index in [0.717, 1.165) is 22.3 Å². The molecule has 1 aliphatic heterocycles. The third-order valence-electron chi connectivity index (χ3n) is 5.58. The molecule has 1 heterocycles. The van der Waals surface area contributed by atoms with Gasteiger partial charge in [-0.25, -0.2) is 4.79 Å². The number of amides is 4. The highest BCUT2D eigenvalue weighted by molar-refractivity contribution is 6.30. The Balaban J connectivity index is 1.56. The van der Waals surface area contributed by atoms with Crippen LogP contribution in [0.25, 0.3) is 11.1 Å². The van der Waals surface area contributed by atoms with Crippen LogP contribution in [0.3, 0.4) is 0 Å². The highest BCUT2D eigenvalue weighted by Gasteiger charge is 2.30. The van der Waals surface area contributed by atoms with Crippen LogP contribution in [0.1, 0.15) is 27.5 Å². The molecule has 0 aromatic heterocycles. The molecule has 0 unspecified atom stereocenters. The van der Waals surface area contributed by atoms with E-state index in [1.807, 2.05) is 60.7 Å². The lowest BCUT2D eigenvalue weighted by atomic mass is 10.0. The number of hydrogen-bond donors (Lipinski definition) is 2. The number of halogens is 1. The summed E-state index contributed by atoms with van der Waals surface area (Å²) in [4.78, 5) is 37.5. The van der Waals surface area contributed by atoms with E-state index in [1.54, 1.807) is 18.1 Å². The molecule has 0 fully saturated rings. The van der Waals surface area contributed by atoms with Crippen LogP contribution in [0.5, 0.6) is 5.75 Å². The first kappa shape index (κ1) is 22.4. The molecule has 8 heteroatoms. The molecular formula is C25H22ClN3O4. The van der Waals surface area contributed by atoms with Crippen LogP contribution in [-0.2, 0) is 11.3 Å². The predicted molar refractivity (Wildman–Crippen MR) is 125 cm³/mol. The van der Waals surface area contributed by atoms with E-state index in [-0.39, 0.29) is 12.5 Å². The summed E-state index contributed by atoms with van der Waals surface area (Å²) in [5, 5.41) is 5.54. The molecule has 168 valence electrons. The predicted octanol–water partition coefficient (Wildman–Crippen LogP) is 4.17. The number of nitrogens with zero attached hydrogens (tertiary/aromatic N) is 1. The fraction of sp³-hybridized carbons (Fsp3) is 0.160. The second kappa shape index (κ2) is 9.75. The van der Waals surface area contributed by atoms with Crippen molar-refractivity contribution in [3.63, 3.8) is 0 Å². The Hall–Kier alpha value is -3.84. The molecule has 4 amide bonds. The molecular weight excluding hydrogens is 442 g/mol. The van der Waals surface area contributed by atoms with E-state index in [2.05, 4.69) is 10.6 Å². The van der Waals surface area contributed by atoms with Crippen molar-refractivity contribution in [1.29, 1.82) is 0 Å². The van der Waals surface area contributed by atoms with E-state index >= 15 is 0 Å². The van der Waals surface area contributed by atoms with Crippen LogP contribution in [0.2, 0.25) is 5.02 Å². The van der Waals surface area contributed by atoms with Crippen molar-refractivity contribution in [2.75, 3.05) is 13.7 Å². The number of ether oxygens (including phenoxy) is 1. The quantitative estimate of drug-likeness (QED) is 0.515. The molecule has 0 radical (unpaired) electrons. The number of nitrogens with one attached hydrogen (secondary N) is 2. The standard InChI is InChI=1S/C25H22ClN3O4/c1-33-21-11-8-19-13-29(24(31)22(19)12-21)14-23(28-25(32)27-15-30)18-4-2-16(3-5-18)17-6-9-20(26)10-7-17/h2-12,15,23H,13-14H2,1H3,(H2,27,28,30,32)/t23-/m0/s1. The summed E-state index contributed by atoms with van der Waals surface area (Å²) in [5.74, 6) is 0.478. The molecule has 0 bridgehead atoms. The van der Waals surface area contributed by atoms with Crippen LogP contribution >= 0.6 is 11.6 Å². The van der Waals surface area contributed by atoms with Crippen LogP contribution < -0.4 is 15.4 Å². The first-order chi connectivity index (χ1) is 16.0. The average Bonchev–Trinajstić information content (AvgIpc) is 3.14. The van der Waals surface area contributed by atoms with Gasteiger partial charge in [0.05, 0.1) is 13.2 Å². The monoisotopic (exact) mass is 463 g/mol. The van der Waals surface area contributed by atoms with Crippen molar-refractivity contribution < 1.29 is 19.1 Å². The minimum absolute atomic E-state index is 0.135. The van der Waals surface area contributed by atoms with Gasteiger partial charge in [-0.2, -0.15) is 0 Å². The third-order valence-corrected chi connectivity index (χ3v) is 5.84. The average molecular weight is 464 g/mol. The number of methoxy groups -OCH3 is 1. The van der Waals surface area contributed by atoms with Crippen molar-refractivity contribution in [3.8, 4) is 16.9 Å². The Kier molecular flexibility index (Phi) is 6.60. The fourth-order valence-corrected chi connectivity index (χ4v) is 4.00. The smallest absolute Gasteiger partial charge is 0.321 e. The minimum atomic E-state index is -0.636. The second-order valence-electron chi connectivity index (χ2n) is 7.63. The zero-order valence-electron chi connectivity index (χ0n) is 17.9. The summed E-state index contributed by atoms with van der Waals surface area (Å²) in [5.41, 5.74) is 4.28. The Morgan fingerprint density at radius 2 is 1.76 bits per heavy atom. The van der Waals surface area contributed by atoms with Crippen LogP contribution in [0.4, 0.5) is 4.79 Å². The molecule has 0 saturated carbocycles. The first-order valence-electron chi connectivity index (χ1n) is 10.3. The normalized spacial score (nSPS) is 13.3. The highest BCUT2D eigenvalue weighted by atomic mass is 35.5. The number of carbonyl (C=O) groups excluding carboxylic acids is 3. The molecule has 7 nitrogen and oxygen atoms in total. The summed E-state index contributed by atoms with van der Waals surface area (Å²) < 4.78 is 5.23. The summed E-state index contributed by atoms with van der Waals surface area (Å²) in [6.07, 6.45) is 0.319. The van der Waals surface area contributed by atoms with Gasteiger partial charge in [-0.1, -0.05) is 54.1 Å². The number of rotatable bonds is 7.